The molecular weight excluding hydrogens is 1760 g/mol. The maximum atomic E-state index is 12.3. The van der Waals surface area contributed by atoms with E-state index in [0.717, 1.165) is 112 Å². The number of benzene rings is 7. The summed E-state index contributed by atoms with van der Waals surface area (Å²) in [5, 5.41) is 11.1. The number of nitrogens with two attached hydrogens (primary N) is 2. The number of rotatable bonds is 8. The van der Waals surface area contributed by atoms with E-state index in [0.29, 0.717) is 87.9 Å². The molecule has 33 heteroatoms. The molecule has 109 heavy (non-hydrogen) atoms. The Kier molecular flexibility index (Phi) is 27.5. The van der Waals surface area contributed by atoms with Crippen molar-refractivity contribution in [3.05, 3.63) is 217 Å². The molecule has 7 N–H and O–H groups in total. The van der Waals surface area contributed by atoms with E-state index < -0.39 is 7.12 Å². The molecule has 4 aliphatic rings. The molecule has 12 aromatic rings. The number of amides is 1. The van der Waals surface area contributed by atoms with Gasteiger partial charge in [-0.1, -0.05) is 123 Å². The maximum absolute atomic E-state index is 12.3. The van der Waals surface area contributed by atoms with E-state index in [9.17, 15) is 19.2 Å². The summed E-state index contributed by atoms with van der Waals surface area (Å²) in [5.41, 5.74) is 23.2. The fraction of sp³-hybridized carbons (Fsp3) is 0.289. The summed E-state index contributed by atoms with van der Waals surface area (Å²) in [5.74, 6) is 2.67. The molecule has 3 saturated heterocycles. The third kappa shape index (κ3) is 20.5. The molecule has 0 aliphatic carbocycles. The molecule has 16 rings (SSSR count). The molecule has 4 aliphatic heterocycles. The molecule has 0 saturated carbocycles. The Morgan fingerprint density at radius 3 is 1.43 bits per heavy atom. The number of imidazole rings is 3. The van der Waals surface area contributed by atoms with E-state index in [1.165, 1.54) is 0 Å². The number of hydrogen-bond acceptors (Lipinski definition) is 18. The smallest absolute Gasteiger partial charge is 0.399 e. The lowest BCUT2D eigenvalue weighted by Crippen LogP contribution is -2.41. The molecule has 5 aromatic heterocycles. The summed E-state index contributed by atoms with van der Waals surface area (Å²) < 4.78 is 41.9. The van der Waals surface area contributed by atoms with Crippen molar-refractivity contribution in [2.75, 3.05) is 94.7 Å². The van der Waals surface area contributed by atoms with Crippen molar-refractivity contribution in [2.24, 2.45) is 42.3 Å². The van der Waals surface area contributed by atoms with Crippen LogP contribution < -0.4 is 59.7 Å². The van der Waals surface area contributed by atoms with Crippen LogP contribution in [0.5, 0.6) is 0 Å². The molecule has 0 atom stereocenters. The first-order chi connectivity index (χ1) is 52.3. The van der Waals surface area contributed by atoms with Crippen LogP contribution in [0.25, 0.3) is 44.4 Å². The second kappa shape index (κ2) is 36.7. The van der Waals surface area contributed by atoms with Gasteiger partial charge in [0.2, 0.25) is 17.8 Å². The Bertz CT molecular complexity index is 5450. The zero-order valence-electron chi connectivity index (χ0n) is 62.5. The van der Waals surface area contributed by atoms with Gasteiger partial charge in [0.05, 0.1) is 94.2 Å². The standard InChI is InChI=1S/C23H23ClN6O2.C15H21BN2O3.C14H14Cl2N4O.C9H9BrN2O.C8H6BrNO.C6H7BrN2.CH3I/c1-28-19-8-3-15(13-20(19)29(2)23(28)31)18-14-21(25-17-6-4-16(24)5-7-17)27-22(26-18)30-9-11-32-12-10-30;1-14(2)15(3,4)21-16(20-14)10-7-8-11-12(9-10)18(6)13(19)17(11)5;15-10-1-3-11(4-2-10)17-13-9-12(16)18-14(19-13)20-5-7-21-8-6-20;1-11-7-4-3-6(10)5-8(7)12(2)9(11)13;9-6-2-1-5-3-8(11)10-7(5)4-6;7-4-1-2-5(8)6(9)3-4;1-2/h3-8,13-14H,9-12H2,1-2H3,(H,25,26,27);7-9H,1-6H3;1-4,9H,5-8H2,(H,17,18,19);3-5H,1-2H3;1-2,4H,3H2,(H,10,11);1-3H,8-9H2;1H3/i;;;;;;1D. The minimum Gasteiger partial charge on any atom is -0.399 e. The number of carbonyl (C=O) groups is 1. The number of nitrogen functional groups attached to an aromatic ring is 2. The molecular formula is C76H83BBr3Cl3IN17O8. The highest BCUT2D eigenvalue weighted by atomic mass is 127. The Morgan fingerprint density at radius 1 is 0.505 bits per heavy atom. The number of aromatic nitrogens is 10. The molecule has 0 bridgehead atoms. The van der Waals surface area contributed by atoms with Gasteiger partial charge in [0, 0.05) is 128 Å². The Morgan fingerprint density at radius 2 is 0.927 bits per heavy atom. The molecule has 3 fully saturated rings. The third-order valence-electron chi connectivity index (χ3n) is 18.6. The number of hydrogen-bond donors (Lipinski definition) is 5. The van der Waals surface area contributed by atoms with Gasteiger partial charge in [-0.2, -0.15) is 9.97 Å². The van der Waals surface area contributed by atoms with E-state index in [1.807, 2.05) is 184 Å². The number of carbonyl (C=O) groups excluding carboxylic acids is 1. The van der Waals surface area contributed by atoms with Crippen LogP contribution in [0.1, 0.15) is 34.6 Å². The molecule has 1 amide bonds. The number of halogens is 7. The predicted molar refractivity (Wildman–Crippen MR) is 461 cm³/mol. The zero-order chi connectivity index (χ0) is 79.5. The van der Waals surface area contributed by atoms with Crippen LogP contribution in [-0.4, -0.2) is 129 Å². The molecule has 25 nitrogen and oxygen atoms in total. The molecule has 0 spiro atoms. The topological polar surface area (TPSA) is 281 Å². The summed E-state index contributed by atoms with van der Waals surface area (Å²) in [4.78, 5) is 69.8. The van der Waals surface area contributed by atoms with E-state index >= 15 is 0 Å². The lowest BCUT2D eigenvalue weighted by molar-refractivity contribution is -0.115. The van der Waals surface area contributed by atoms with Gasteiger partial charge in [0.15, 0.2) is 0 Å². The van der Waals surface area contributed by atoms with E-state index in [2.05, 4.69) is 83.5 Å². The summed E-state index contributed by atoms with van der Waals surface area (Å²) in [6.07, 6.45) is 0.516. The Hall–Kier alpha value is -8.28. The quantitative estimate of drug-likeness (QED) is 0.0311. The average Bonchev–Trinajstić information content (AvgIpc) is 1.60. The second-order valence-corrected chi connectivity index (χ2v) is 30.5. The van der Waals surface area contributed by atoms with Gasteiger partial charge in [-0.15, -0.1) is 0 Å². The average molecular weight is 1850 g/mol. The van der Waals surface area contributed by atoms with Crippen molar-refractivity contribution in [3.63, 3.8) is 0 Å². The van der Waals surface area contributed by atoms with Crippen LogP contribution in [0.2, 0.25) is 15.2 Å². The van der Waals surface area contributed by atoms with Crippen LogP contribution in [0.3, 0.4) is 0 Å². The highest BCUT2D eigenvalue weighted by Crippen LogP contribution is 2.37. The molecule has 9 heterocycles. The zero-order valence-corrected chi connectivity index (χ0v) is 70.7. The van der Waals surface area contributed by atoms with Gasteiger partial charge in [0.1, 0.15) is 16.8 Å². The van der Waals surface area contributed by atoms with E-state index in [-0.39, 0.29) is 34.2 Å². The van der Waals surface area contributed by atoms with Crippen molar-refractivity contribution >= 4 is 209 Å². The fourth-order valence-corrected chi connectivity index (χ4v) is 13.3. The van der Waals surface area contributed by atoms with Gasteiger partial charge in [-0.05, 0) is 165 Å². The van der Waals surface area contributed by atoms with Crippen LogP contribution in [-0.2, 0) is 72.3 Å². The minimum atomic E-state index is -0.408. The maximum Gasteiger partial charge on any atom is 0.494 e. The third-order valence-corrected chi connectivity index (χ3v) is 20.8. The first-order valence-electron chi connectivity index (χ1n) is 34.9. The number of fused-ring (bicyclic) bond motifs is 4. The summed E-state index contributed by atoms with van der Waals surface area (Å²) in [6, 6.07) is 47.3. The van der Waals surface area contributed by atoms with E-state index in [4.69, 9.17) is 76.4 Å². The summed E-state index contributed by atoms with van der Waals surface area (Å²) in [6.45, 7) is 13.8. The molecule has 0 radical (unpaired) electrons. The van der Waals surface area contributed by atoms with Gasteiger partial charge in [-0.25, -0.2) is 24.4 Å². The number of ether oxygens (including phenoxy) is 2. The number of anilines is 9. The van der Waals surface area contributed by atoms with Gasteiger partial charge >= 0.3 is 24.2 Å². The highest BCUT2D eigenvalue weighted by Gasteiger charge is 2.52. The summed E-state index contributed by atoms with van der Waals surface area (Å²) >= 11 is 29.9. The lowest BCUT2D eigenvalue weighted by atomic mass is 9.79. The lowest BCUT2D eigenvalue weighted by Gasteiger charge is -2.32. The van der Waals surface area contributed by atoms with Gasteiger partial charge in [0.25, 0.3) is 0 Å². The van der Waals surface area contributed by atoms with Crippen molar-refractivity contribution in [2.45, 2.75) is 45.3 Å². The Labute approximate surface area is 686 Å². The number of morpholine rings is 2. The molecule has 7 aromatic carbocycles. The summed E-state index contributed by atoms with van der Waals surface area (Å²) in [7, 11) is 10.3. The van der Waals surface area contributed by atoms with Crippen LogP contribution >= 0.6 is 105 Å². The van der Waals surface area contributed by atoms with Crippen molar-refractivity contribution < 1.29 is 24.9 Å². The normalized spacial score (nSPS) is 14.7. The first-order valence-corrected chi connectivity index (χ1v) is 39.2. The SMILES string of the molecule is Clc1ccc(Nc2cc(Cl)nc(N3CCOCC3)n2)cc1.Cn1c(=O)n(C)c2cc(-c3cc(Nc4ccc(Cl)cc4)nc(N4CCOCC4)n3)ccc21.Cn1c(=O)n(C)c2cc(B3OC(C)(C)C(C)(C)O3)ccc21.Cn1c(=O)n(C)c2cc(Br)ccc21.Nc1ccc(Br)cc1N.O=C1Cc2ccc(Br)cc2N1.[2H]CI. The number of alkyl halides is 1. The van der Waals surface area contributed by atoms with Gasteiger partial charge in [-0.3, -0.25) is 32.2 Å². The Balaban J connectivity index is 0.000000146. The first kappa shape index (κ1) is 81.7. The number of nitrogens with zero attached hydrogens (tertiary/aromatic N) is 12. The van der Waals surface area contributed by atoms with E-state index in [1.54, 1.807) is 87.9 Å². The number of nitrogens with one attached hydrogen (secondary N) is 3. The predicted octanol–water partition coefficient (Wildman–Crippen LogP) is 14.4. The largest absolute Gasteiger partial charge is 0.494 e. The van der Waals surface area contributed by atoms with Crippen molar-refractivity contribution in [1.82, 2.24) is 47.3 Å². The molecule has 0 unspecified atom stereocenters. The number of aryl methyl sites for hydroxylation is 6. The minimum absolute atomic E-state index is 0.00750. The van der Waals surface area contributed by atoms with Gasteiger partial charge < -0.3 is 56.0 Å². The van der Waals surface area contributed by atoms with Crippen molar-refractivity contribution in [1.29, 1.82) is 0 Å². The fourth-order valence-electron chi connectivity index (χ4n) is 11.8. The molecule has 572 valence electrons. The monoisotopic (exact) mass is 1840 g/mol. The second-order valence-electron chi connectivity index (χ2n) is 26.5. The van der Waals surface area contributed by atoms with Crippen LogP contribution in [0.4, 0.5) is 52.0 Å². The van der Waals surface area contributed by atoms with Crippen LogP contribution in [0, 0.1) is 0 Å². The van der Waals surface area contributed by atoms with Crippen molar-refractivity contribution in [3.8, 4) is 11.3 Å². The van der Waals surface area contributed by atoms with Crippen LogP contribution in [0.15, 0.2) is 179 Å². The highest BCUT2D eigenvalue weighted by molar-refractivity contribution is 14.1.